The summed E-state index contributed by atoms with van der Waals surface area (Å²) >= 11 is 0. The van der Waals surface area contributed by atoms with Crippen molar-refractivity contribution in [1.82, 2.24) is 16.0 Å². The Morgan fingerprint density at radius 1 is 1.09 bits per heavy atom. The maximum atomic E-state index is 12.4. The fourth-order valence-electron chi connectivity index (χ4n) is 2.09. The van der Waals surface area contributed by atoms with Crippen molar-refractivity contribution in [1.29, 1.82) is 0 Å². The van der Waals surface area contributed by atoms with Crippen LogP contribution >= 0.6 is 12.4 Å². The first-order valence-corrected chi connectivity index (χ1v) is 7.87. The molecule has 0 aromatic heterocycles. The first-order chi connectivity index (χ1) is 10.5. The van der Waals surface area contributed by atoms with Crippen LogP contribution in [0, 0.1) is 5.92 Å². The van der Waals surface area contributed by atoms with Crippen molar-refractivity contribution in [3.05, 3.63) is 35.9 Å². The number of likely N-dealkylation sites (N-methyl/N-ethyl adjacent to an activating group) is 1. The molecule has 130 valence electrons. The highest BCUT2D eigenvalue weighted by atomic mass is 35.5. The van der Waals surface area contributed by atoms with E-state index in [0.29, 0.717) is 19.5 Å². The van der Waals surface area contributed by atoms with E-state index in [1.165, 1.54) is 0 Å². The first-order valence-electron chi connectivity index (χ1n) is 7.87. The van der Waals surface area contributed by atoms with Crippen LogP contribution in [-0.2, 0) is 9.59 Å². The van der Waals surface area contributed by atoms with Gasteiger partial charge in [0.25, 0.3) is 0 Å². The molecular weight excluding hydrogens is 314 g/mol. The molecule has 0 heterocycles. The van der Waals surface area contributed by atoms with Crippen LogP contribution in [0.3, 0.4) is 0 Å². The van der Waals surface area contributed by atoms with Gasteiger partial charge in [0.1, 0.15) is 6.04 Å². The monoisotopic (exact) mass is 341 g/mol. The van der Waals surface area contributed by atoms with Crippen molar-refractivity contribution in [3.63, 3.8) is 0 Å². The number of amides is 2. The summed E-state index contributed by atoms with van der Waals surface area (Å²) in [6.45, 7) is 8.09. The van der Waals surface area contributed by atoms with Gasteiger partial charge in [-0.3, -0.25) is 9.59 Å². The molecule has 1 aromatic rings. The number of rotatable bonds is 9. The van der Waals surface area contributed by atoms with Gasteiger partial charge in [-0.05, 0) is 18.0 Å². The predicted molar refractivity (Wildman–Crippen MR) is 95.6 cm³/mol. The van der Waals surface area contributed by atoms with E-state index in [0.717, 1.165) is 12.1 Å². The van der Waals surface area contributed by atoms with Crippen LogP contribution < -0.4 is 16.0 Å². The van der Waals surface area contributed by atoms with Crippen LogP contribution in [0.1, 0.15) is 38.8 Å². The van der Waals surface area contributed by atoms with Crippen LogP contribution in [0.2, 0.25) is 0 Å². The summed E-state index contributed by atoms with van der Waals surface area (Å²) in [5, 5.41) is 8.84. The molecular formula is C17H28ClN3O2. The summed E-state index contributed by atoms with van der Waals surface area (Å²) in [6.07, 6.45) is 0.411. The van der Waals surface area contributed by atoms with Crippen molar-refractivity contribution < 1.29 is 9.59 Å². The normalized spacial score (nSPS) is 11.5. The molecule has 0 aliphatic carbocycles. The minimum absolute atomic E-state index is 0. The van der Waals surface area contributed by atoms with Crippen LogP contribution in [0.15, 0.2) is 30.3 Å². The maximum Gasteiger partial charge on any atom is 0.247 e. The molecule has 5 nitrogen and oxygen atoms in total. The fraction of sp³-hybridized carbons (Fsp3) is 0.529. The number of hydrogen-bond acceptors (Lipinski definition) is 3. The van der Waals surface area contributed by atoms with Gasteiger partial charge in [-0.1, -0.05) is 51.1 Å². The predicted octanol–water partition coefficient (Wildman–Crippen LogP) is 2.04. The first kappa shape index (κ1) is 21.4. The zero-order chi connectivity index (χ0) is 16.4. The van der Waals surface area contributed by atoms with E-state index < -0.39 is 6.04 Å². The van der Waals surface area contributed by atoms with E-state index in [9.17, 15) is 9.59 Å². The molecule has 1 rings (SSSR count). The Morgan fingerprint density at radius 3 is 2.30 bits per heavy atom. The van der Waals surface area contributed by atoms with Crippen molar-refractivity contribution >= 4 is 24.2 Å². The highest BCUT2D eigenvalue weighted by molar-refractivity contribution is 5.88. The lowest BCUT2D eigenvalue weighted by atomic mass is 10.0. The molecule has 0 spiro atoms. The fourth-order valence-corrected chi connectivity index (χ4v) is 2.09. The van der Waals surface area contributed by atoms with Gasteiger partial charge in [-0.2, -0.15) is 0 Å². The molecule has 0 saturated heterocycles. The molecule has 6 heteroatoms. The second-order valence-electron chi connectivity index (χ2n) is 5.65. The maximum absolute atomic E-state index is 12.4. The zero-order valence-electron chi connectivity index (χ0n) is 14.1. The third-order valence-electron chi connectivity index (χ3n) is 3.15. The highest BCUT2D eigenvalue weighted by Gasteiger charge is 2.22. The van der Waals surface area contributed by atoms with E-state index in [2.05, 4.69) is 16.0 Å². The molecule has 0 bridgehead atoms. The van der Waals surface area contributed by atoms with Crippen LogP contribution in [0.25, 0.3) is 0 Å². The molecule has 2 amide bonds. The molecule has 1 atom stereocenters. The van der Waals surface area contributed by atoms with Crippen molar-refractivity contribution in [2.24, 2.45) is 5.92 Å². The van der Waals surface area contributed by atoms with Crippen molar-refractivity contribution in [3.8, 4) is 0 Å². The van der Waals surface area contributed by atoms with E-state index in [1.807, 2.05) is 51.1 Å². The van der Waals surface area contributed by atoms with Gasteiger partial charge in [0.15, 0.2) is 0 Å². The number of carbonyl (C=O) groups is 2. The van der Waals surface area contributed by atoms with Gasteiger partial charge in [0.05, 0.1) is 0 Å². The lowest BCUT2D eigenvalue weighted by Gasteiger charge is -2.19. The summed E-state index contributed by atoms with van der Waals surface area (Å²) in [7, 11) is 0. The summed E-state index contributed by atoms with van der Waals surface area (Å²) in [4.78, 5) is 24.4. The summed E-state index contributed by atoms with van der Waals surface area (Å²) < 4.78 is 0. The van der Waals surface area contributed by atoms with E-state index in [4.69, 9.17) is 0 Å². The number of hydrogen-bond donors (Lipinski definition) is 3. The molecule has 1 unspecified atom stereocenters. The Morgan fingerprint density at radius 2 is 1.74 bits per heavy atom. The molecule has 0 aliphatic heterocycles. The van der Waals surface area contributed by atoms with E-state index in [-0.39, 0.29) is 30.1 Å². The van der Waals surface area contributed by atoms with Crippen LogP contribution in [-0.4, -0.2) is 31.4 Å². The smallest absolute Gasteiger partial charge is 0.247 e. The lowest BCUT2D eigenvalue weighted by molar-refractivity contribution is -0.129. The third kappa shape index (κ3) is 8.57. The summed E-state index contributed by atoms with van der Waals surface area (Å²) in [6, 6.07) is 8.67. The van der Waals surface area contributed by atoms with Crippen LogP contribution in [0.5, 0.6) is 0 Å². The van der Waals surface area contributed by atoms with Crippen LogP contribution in [0.4, 0.5) is 0 Å². The number of carbonyl (C=O) groups excluding carboxylic acids is 2. The average molecular weight is 342 g/mol. The quantitative estimate of drug-likeness (QED) is 0.602. The number of benzene rings is 1. The van der Waals surface area contributed by atoms with Gasteiger partial charge in [0, 0.05) is 19.5 Å². The van der Waals surface area contributed by atoms with Crippen molar-refractivity contribution in [2.75, 3.05) is 19.6 Å². The molecule has 23 heavy (non-hydrogen) atoms. The van der Waals surface area contributed by atoms with Gasteiger partial charge in [0.2, 0.25) is 11.8 Å². The molecule has 0 saturated carbocycles. The standard InChI is InChI=1S/C17H27N3O2.ClH/c1-4-18-10-11-19-17(22)16(14-8-6-5-7-9-14)20-15(21)12-13(2)3;/h5-9,13,16,18H,4,10-12H2,1-3H3,(H,19,22)(H,20,21);1H. The van der Waals surface area contributed by atoms with Gasteiger partial charge < -0.3 is 16.0 Å². The third-order valence-corrected chi connectivity index (χ3v) is 3.15. The topological polar surface area (TPSA) is 70.2 Å². The SMILES string of the molecule is CCNCCNC(=O)C(NC(=O)CC(C)C)c1ccccc1.Cl. The second kappa shape index (κ2) is 11.9. The molecule has 0 aliphatic rings. The van der Waals surface area contributed by atoms with Gasteiger partial charge in [-0.15, -0.1) is 12.4 Å². The summed E-state index contributed by atoms with van der Waals surface area (Å²) in [5.41, 5.74) is 0.792. The van der Waals surface area contributed by atoms with E-state index >= 15 is 0 Å². The second-order valence-corrected chi connectivity index (χ2v) is 5.65. The van der Waals surface area contributed by atoms with Gasteiger partial charge in [-0.25, -0.2) is 0 Å². The Bertz CT molecular complexity index is 466. The average Bonchev–Trinajstić information content (AvgIpc) is 2.49. The number of halogens is 1. The molecule has 1 aromatic carbocycles. The van der Waals surface area contributed by atoms with E-state index in [1.54, 1.807) is 0 Å². The molecule has 0 fully saturated rings. The Hall–Kier alpha value is -1.59. The largest absolute Gasteiger partial charge is 0.353 e. The Labute approximate surface area is 145 Å². The minimum Gasteiger partial charge on any atom is -0.353 e. The van der Waals surface area contributed by atoms with Gasteiger partial charge >= 0.3 is 0 Å². The number of nitrogens with one attached hydrogen (secondary N) is 3. The summed E-state index contributed by atoms with van der Waals surface area (Å²) in [5.74, 6) is -0.0277. The minimum atomic E-state index is -0.644. The zero-order valence-corrected chi connectivity index (χ0v) is 14.9. The molecule has 0 radical (unpaired) electrons. The Balaban J connectivity index is 0.00000484. The molecule has 3 N–H and O–H groups in total. The lowest BCUT2D eigenvalue weighted by Crippen LogP contribution is -2.42. The Kier molecular flexibility index (Phi) is 11.1. The highest BCUT2D eigenvalue weighted by Crippen LogP contribution is 2.13. The van der Waals surface area contributed by atoms with Crippen molar-refractivity contribution in [2.45, 2.75) is 33.2 Å².